The molecule has 8 nitrogen and oxygen atoms in total. The molecule has 0 spiro atoms. The number of nitrogens with zero attached hydrogens (tertiary/aromatic N) is 1. The number of carbonyl (C=O) groups is 1. The second kappa shape index (κ2) is 9.83. The van der Waals surface area contributed by atoms with E-state index in [1.54, 1.807) is 33.1 Å². The van der Waals surface area contributed by atoms with Crippen LogP contribution in [0.2, 0.25) is 5.02 Å². The molecule has 1 heterocycles. The van der Waals surface area contributed by atoms with Gasteiger partial charge in [-0.15, -0.1) is 0 Å². The quantitative estimate of drug-likeness (QED) is 0.596. The highest BCUT2D eigenvalue weighted by Crippen LogP contribution is 2.25. The summed E-state index contributed by atoms with van der Waals surface area (Å²) in [6, 6.07) is 6.89. The Bertz CT molecular complexity index is 935. The van der Waals surface area contributed by atoms with Crippen LogP contribution in [0.1, 0.15) is 24.2 Å². The number of carbonyl (C=O) groups excluding carboxylic acids is 1. The van der Waals surface area contributed by atoms with Gasteiger partial charge >= 0.3 is 0 Å². The van der Waals surface area contributed by atoms with Gasteiger partial charge in [0.25, 0.3) is 5.91 Å². The fourth-order valence-electron chi connectivity index (χ4n) is 2.24. The van der Waals surface area contributed by atoms with Crippen molar-refractivity contribution in [2.45, 2.75) is 24.8 Å². The summed E-state index contributed by atoms with van der Waals surface area (Å²) in [5.41, 5.74) is 0.341. The number of benzene rings is 1. The van der Waals surface area contributed by atoms with Crippen LogP contribution in [0.15, 0.2) is 41.4 Å². The van der Waals surface area contributed by atoms with E-state index >= 15 is 0 Å². The van der Waals surface area contributed by atoms with E-state index in [-0.39, 0.29) is 34.0 Å². The summed E-state index contributed by atoms with van der Waals surface area (Å²) in [4.78, 5) is 16.7. The molecule has 1 amide bonds. The standard InChI is InChI=1S/C18H22ClN3O5S/c1-12(2)22-28(24,25)13-6-7-15(19)14(11-13)17(23)21-16-5-4-8-20-18(16)27-10-9-26-3/h4-8,11-12,22H,9-10H2,1-3H3,(H,21,23). The van der Waals surface area contributed by atoms with Gasteiger partial charge in [0.15, 0.2) is 0 Å². The lowest BCUT2D eigenvalue weighted by Gasteiger charge is -2.13. The molecule has 2 N–H and O–H groups in total. The average molecular weight is 428 g/mol. The predicted molar refractivity (Wildman–Crippen MR) is 106 cm³/mol. The van der Waals surface area contributed by atoms with Crippen molar-refractivity contribution < 1.29 is 22.7 Å². The normalized spacial score (nSPS) is 11.5. The molecule has 2 aromatic rings. The van der Waals surface area contributed by atoms with E-state index in [1.807, 2.05) is 0 Å². The molecule has 1 aromatic heterocycles. The Morgan fingerprint density at radius 1 is 1.25 bits per heavy atom. The van der Waals surface area contributed by atoms with Crippen LogP contribution in [0.4, 0.5) is 5.69 Å². The largest absolute Gasteiger partial charge is 0.474 e. The number of methoxy groups -OCH3 is 1. The lowest BCUT2D eigenvalue weighted by Crippen LogP contribution is -2.30. The van der Waals surface area contributed by atoms with Crippen LogP contribution in [-0.4, -0.2) is 45.7 Å². The van der Waals surface area contributed by atoms with E-state index in [0.29, 0.717) is 12.3 Å². The van der Waals surface area contributed by atoms with Gasteiger partial charge in [0.1, 0.15) is 12.3 Å². The van der Waals surface area contributed by atoms with Crippen molar-refractivity contribution >= 4 is 33.2 Å². The molecular formula is C18H22ClN3O5S. The summed E-state index contributed by atoms with van der Waals surface area (Å²) >= 11 is 6.12. The minimum absolute atomic E-state index is 0.0139. The van der Waals surface area contributed by atoms with Gasteiger partial charge < -0.3 is 14.8 Å². The zero-order valence-corrected chi connectivity index (χ0v) is 17.3. The van der Waals surface area contributed by atoms with E-state index in [2.05, 4.69) is 15.0 Å². The van der Waals surface area contributed by atoms with Crippen LogP contribution in [0, 0.1) is 0 Å². The first kappa shape index (κ1) is 22.1. The van der Waals surface area contributed by atoms with Gasteiger partial charge in [-0.05, 0) is 44.2 Å². The topological polar surface area (TPSA) is 107 Å². The second-order valence-electron chi connectivity index (χ2n) is 6.07. The van der Waals surface area contributed by atoms with E-state index < -0.39 is 15.9 Å². The van der Waals surface area contributed by atoms with Crippen LogP contribution in [-0.2, 0) is 14.8 Å². The Kier molecular flexibility index (Phi) is 7.76. The van der Waals surface area contributed by atoms with Crippen LogP contribution in [0.3, 0.4) is 0 Å². The number of ether oxygens (including phenoxy) is 2. The molecule has 0 saturated heterocycles. The molecule has 2 rings (SSSR count). The van der Waals surface area contributed by atoms with Crippen LogP contribution in [0.25, 0.3) is 0 Å². The van der Waals surface area contributed by atoms with Gasteiger partial charge in [-0.3, -0.25) is 4.79 Å². The van der Waals surface area contributed by atoms with Crippen molar-refractivity contribution in [3.05, 3.63) is 47.1 Å². The van der Waals surface area contributed by atoms with Gasteiger partial charge in [0, 0.05) is 19.3 Å². The Morgan fingerprint density at radius 2 is 2.00 bits per heavy atom. The molecule has 152 valence electrons. The zero-order chi connectivity index (χ0) is 20.7. The number of rotatable bonds is 9. The summed E-state index contributed by atoms with van der Waals surface area (Å²) in [6.07, 6.45) is 1.52. The fraction of sp³-hybridized carbons (Fsp3) is 0.333. The Hall–Kier alpha value is -2.20. The summed E-state index contributed by atoms with van der Waals surface area (Å²) in [5, 5.41) is 2.76. The molecule has 0 fully saturated rings. The fourth-order valence-corrected chi connectivity index (χ4v) is 3.72. The van der Waals surface area contributed by atoms with Crippen molar-refractivity contribution in [2.75, 3.05) is 25.6 Å². The third kappa shape index (κ3) is 5.90. The zero-order valence-electron chi connectivity index (χ0n) is 15.7. The van der Waals surface area contributed by atoms with Crippen LogP contribution < -0.4 is 14.8 Å². The van der Waals surface area contributed by atoms with Gasteiger partial charge in [0.05, 0.1) is 22.1 Å². The maximum Gasteiger partial charge on any atom is 0.257 e. The summed E-state index contributed by atoms with van der Waals surface area (Å²) in [7, 11) is -2.22. The molecule has 10 heteroatoms. The molecule has 0 saturated carbocycles. The Balaban J connectivity index is 2.27. The molecule has 0 aliphatic carbocycles. The van der Waals surface area contributed by atoms with Crippen molar-refractivity contribution in [1.29, 1.82) is 0 Å². The molecule has 0 aliphatic heterocycles. The third-order valence-electron chi connectivity index (χ3n) is 3.43. The summed E-state index contributed by atoms with van der Waals surface area (Å²) < 4.78 is 37.6. The monoisotopic (exact) mass is 427 g/mol. The van der Waals surface area contributed by atoms with Crippen molar-refractivity contribution in [2.24, 2.45) is 0 Å². The van der Waals surface area contributed by atoms with Gasteiger partial charge in [-0.1, -0.05) is 11.6 Å². The highest BCUT2D eigenvalue weighted by atomic mass is 35.5. The van der Waals surface area contributed by atoms with Gasteiger partial charge in [-0.2, -0.15) is 0 Å². The number of sulfonamides is 1. The maximum absolute atomic E-state index is 12.7. The molecule has 0 unspecified atom stereocenters. The molecule has 0 bridgehead atoms. The highest BCUT2D eigenvalue weighted by molar-refractivity contribution is 7.89. The Morgan fingerprint density at radius 3 is 2.68 bits per heavy atom. The first-order chi connectivity index (χ1) is 13.2. The first-order valence-electron chi connectivity index (χ1n) is 8.44. The molecular weight excluding hydrogens is 406 g/mol. The van der Waals surface area contributed by atoms with Crippen molar-refractivity contribution in [1.82, 2.24) is 9.71 Å². The van der Waals surface area contributed by atoms with E-state index in [9.17, 15) is 13.2 Å². The number of hydrogen-bond acceptors (Lipinski definition) is 6. The highest BCUT2D eigenvalue weighted by Gasteiger charge is 2.20. The lowest BCUT2D eigenvalue weighted by atomic mass is 10.2. The van der Waals surface area contributed by atoms with Gasteiger partial charge in [0.2, 0.25) is 15.9 Å². The van der Waals surface area contributed by atoms with E-state index in [4.69, 9.17) is 21.1 Å². The molecule has 0 atom stereocenters. The second-order valence-corrected chi connectivity index (χ2v) is 8.19. The number of nitrogens with one attached hydrogen (secondary N) is 2. The number of aromatic nitrogens is 1. The minimum atomic E-state index is -3.77. The lowest BCUT2D eigenvalue weighted by molar-refractivity contribution is 0.102. The van der Waals surface area contributed by atoms with Crippen molar-refractivity contribution in [3.8, 4) is 5.88 Å². The van der Waals surface area contributed by atoms with Crippen molar-refractivity contribution in [3.63, 3.8) is 0 Å². The smallest absolute Gasteiger partial charge is 0.257 e. The predicted octanol–water partition coefficient (Wildman–Crippen LogP) is 2.70. The maximum atomic E-state index is 12.7. The van der Waals surface area contributed by atoms with Crippen LogP contribution in [0.5, 0.6) is 5.88 Å². The van der Waals surface area contributed by atoms with Gasteiger partial charge in [-0.25, -0.2) is 18.1 Å². The summed E-state index contributed by atoms with van der Waals surface area (Å²) in [5.74, 6) is -0.370. The minimum Gasteiger partial charge on any atom is -0.474 e. The number of anilines is 1. The Labute approximate surface area is 169 Å². The molecule has 0 aliphatic rings. The third-order valence-corrected chi connectivity index (χ3v) is 5.42. The average Bonchev–Trinajstić information content (AvgIpc) is 2.62. The van der Waals surface area contributed by atoms with E-state index in [0.717, 1.165) is 0 Å². The van der Waals surface area contributed by atoms with Crippen LogP contribution >= 0.6 is 11.6 Å². The molecule has 28 heavy (non-hydrogen) atoms. The SMILES string of the molecule is COCCOc1ncccc1NC(=O)c1cc(S(=O)(=O)NC(C)C)ccc1Cl. The summed E-state index contributed by atoms with van der Waals surface area (Å²) in [6.45, 7) is 4.02. The van der Waals surface area contributed by atoms with E-state index in [1.165, 1.54) is 24.4 Å². The molecule has 0 radical (unpaired) electrons. The number of amides is 1. The number of halogens is 1. The number of pyridine rings is 1. The molecule has 1 aromatic carbocycles. The first-order valence-corrected chi connectivity index (χ1v) is 10.3. The number of hydrogen-bond donors (Lipinski definition) is 2.